The molecule has 2 aromatic rings. The number of benzene rings is 1. The minimum Gasteiger partial charge on any atom is -0.441 e. The van der Waals surface area contributed by atoms with E-state index >= 15 is 0 Å². The third-order valence-corrected chi connectivity index (χ3v) is 6.76. The van der Waals surface area contributed by atoms with Crippen molar-refractivity contribution in [2.75, 3.05) is 18.1 Å². The standard InChI is InChI=1S/C20H26N2O4S/c1-14-5-3-7-17(11-14)20-22-18(15(2)26-20)12-19(23)21-9-4-6-16-8-10-27(24,25)13-16/h3,5,7,11,16H,4,6,8-10,12-13H2,1-2H3,(H,21,23). The van der Waals surface area contributed by atoms with Crippen molar-refractivity contribution in [1.29, 1.82) is 0 Å². The summed E-state index contributed by atoms with van der Waals surface area (Å²) in [5.41, 5.74) is 2.67. The molecule has 0 radical (unpaired) electrons. The molecule has 1 unspecified atom stereocenters. The van der Waals surface area contributed by atoms with Gasteiger partial charge in [0, 0.05) is 12.1 Å². The number of carbonyl (C=O) groups excluding carboxylic acids is 1. The summed E-state index contributed by atoms with van der Waals surface area (Å²) in [5, 5.41) is 2.89. The molecule has 0 spiro atoms. The average Bonchev–Trinajstić information content (AvgIpc) is 3.14. The summed E-state index contributed by atoms with van der Waals surface area (Å²) in [7, 11) is -2.82. The number of hydrogen-bond donors (Lipinski definition) is 1. The Bertz CT molecular complexity index is 918. The predicted octanol–water partition coefficient (Wildman–Crippen LogP) is 2.83. The lowest BCUT2D eigenvalue weighted by atomic mass is 10.0. The first kappa shape index (κ1) is 19.6. The second-order valence-electron chi connectivity index (χ2n) is 7.33. The second-order valence-corrected chi connectivity index (χ2v) is 9.56. The van der Waals surface area contributed by atoms with Crippen molar-refractivity contribution in [2.24, 2.45) is 5.92 Å². The van der Waals surface area contributed by atoms with E-state index in [0.29, 0.717) is 35.4 Å². The van der Waals surface area contributed by atoms with Crippen LogP contribution in [0.4, 0.5) is 0 Å². The summed E-state index contributed by atoms with van der Waals surface area (Å²) in [6, 6.07) is 7.89. The Morgan fingerprint density at radius 2 is 2.15 bits per heavy atom. The van der Waals surface area contributed by atoms with Gasteiger partial charge in [-0.1, -0.05) is 17.7 Å². The third kappa shape index (κ3) is 5.42. The summed E-state index contributed by atoms with van der Waals surface area (Å²) in [6.07, 6.45) is 2.55. The topological polar surface area (TPSA) is 89.3 Å². The Labute approximate surface area is 160 Å². The summed E-state index contributed by atoms with van der Waals surface area (Å²) >= 11 is 0. The zero-order valence-electron chi connectivity index (χ0n) is 15.8. The molecule has 2 heterocycles. The number of aromatic nitrogens is 1. The zero-order valence-corrected chi connectivity index (χ0v) is 16.6. The highest BCUT2D eigenvalue weighted by atomic mass is 32.2. The minimum absolute atomic E-state index is 0.0961. The van der Waals surface area contributed by atoms with Crippen LogP contribution >= 0.6 is 0 Å². The summed E-state index contributed by atoms with van der Waals surface area (Å²) in [6.45, 7) is 4.38. The van der Waals surface area contributed by atoms with E-state index in [9.17, 15) is 13.2 Å². The van der Waals surface area contributed by atoms with Crippen molar-refractivity contribution in [1.82, 2.24) is 10.3 Å². The van der Waals surface area contributed by atoms with E-state index in [-0.39, 0.29) is 18.2 Å². The lowest BCUT2D eigenvalue weighted by molar-refractivity contribution is -0.120. The van der Waals surface area contributed by atoms with Crippen LogP contribution in [0.15, 0.2) is 28.7 Å². The highest BCUT2D eigenvalue weighted by molar-refractivity contribution is 7.91. The number of sulfone groups is 1. The molecule has 0 bridgehead atoms. The van der Waals surface area contributed by atoms with E-state index in [1.807, 2.05) is 38.1 Å². The predicted molar refractivity (Wildman–Crippen MR) is 104 cm³/mol. The van der Waals surface area contributed by atoms with E-state index in [0.717, 1.165) is 30.4 Å². The Balaban J connectivity index is 1.47. The normalized spacial score (nSPS) is 18.5. The van der Waals surface area contributed by atoms with Crippen LogP contribution in [0.3, 0.4) is 0 Å². The van der Waals surface area contributed by atoms with Gasteiger partial charge in [0.2, 0.25) is 11.8 Å². The molecule has 1 aliphatic rings. The molecule has 6 nitrogen and oxygen atoms in total. The van der Waals surface area contributed by atoms with Gasteiger partial charge in [0.1, 0.15) is 5.76 Å². The summed E-state index contributed by atoms with van der Waals surface area (Å²) in [4.78, 5) is 16.6. The van der Waals surface area contributed by atoms with Gasteiger partial charge in [-0.2, -0.15) is 0 Å². The van der Waals surface area contributed by atoms with Crippen molar-refractivity contribution in [3.05, 3.63) is 41.3 Å². The molecule has 3 rings (SSSR count). The van der Waals surface area contributed by atoms with Crippen molar-refractivity contribution < 1.29 is 17.6 Å². The first-order valence-electron chi connectivity index (χ1n) is 9.33. The zero-order chi connectivity index (χ0) is 19.4. The molecule has 7 heteroatoms. The summed E-state index contributed by atoms with van der Waals surface area (Å²) in [5.74, 6) is 1.92. The lowest BCUT2D eigenvalue weighted by Gasteiger charge is -2.08. The average molecular weight is 391 g/mol. The molecule has 27 heavy (non-hydrogen) atoms. The molecule has 1 aromatic heterocycles. The van der Waals surface area contributed by atoms with Crippen LogP contribution in [0.25, 0.3) is 11.5 Å². The van der Waals surface area contributed by atoms with E-state index in [4.69, 9.17) is 4.42 Å². The van der Waals surface area contributed by atoms with Crippen LogP contribution < -0.4 is 5.32 Å². The molecule has 1 aromatic carbocycles. The molecular formula is C20H26N2O4S. The van der Waals surface area contributed by atoms with Crippen LogP contribution in [0.1, 0.15) is 36.3 Å². The number of amides is 1. The van der Waals surface area contributed by atoms with Crippen molar-refractivity contribution >= 4 is 15.7 Å². The highest BCUT2D eigenvalue weighted by Gasteiger charge is 2.27. The van der Waals surface area contributed by atoms with Gasteiger partial charge >= 0.3 is 0 Å². The van der Waals surface area contributed by atoms with Gasteiger partial charge in [-0.15, -0.1) is 0 Å². The van der Waals surface area contributed by atoms with E-state index in [1.54, 1.807) is 0 Å². The van der Waals surface area contributed by atoms with E-state index < -0.39 is 9.84 Å². The molecule has 0 saturated carbocycles. The molecule has 146 valence electrons. The monoisotopic (exact) mass is 390 g/mol. The largest absolute Gasteiger partial charge is 0.441 e. The Hall–Kier alpha value is -2.15. The van der Waals surface area contributed by atoms with Crippen LogP contribution in [0, 0.1) is 19.8 Å². The number of rotatable bonds is 7. The SMILES string of the molecule is Cc1cccc(-c2nc(CC(=O)NCCCC3CCS(=O)(=O)C3)c(C)o2)c1. The number of nitrogens with one attached hydrogen (secondary N) is 1. The molecule has 0 aliphatic carbocycles. The lowest BCUT2D eigenvalue weighted by Crippen LogP contribution is -2.26. The molecular weight excluding hydrogens is 364 g/mol. The van der Waals surface area contributed by atoms with Gasteiger partial charge in [0.25, 0.3) is 0 Å². The maximum Gasteiger partial charge on any atom is 0.226 e. The van der Waals surface area contributed by atoms with Gasteiger partial charge in [-0.05, 0) is 51.2 Å². The van der Waals surface area contributed by atoms with Gasteiger partial charge in [-0.25, -0.2) is 13.4 Å². The smallest absolute Gasteiger partial charge is 0.226 e. The Morgan fingerprint density at radius 3 is 2.85 bits per heavy atom. The molecule has 1 aliphatic heterocycles. The fourth-order valence-electron chi connectivity index (χ4n) is 3.43. The highest BCUT2D eigenvalue weighted by Crippen LogP contribution is 2.23. The summed E-state index contributed by atoms with van der Waals surface area (Å²) < 4.78 is 28.6. The number of aryl methyl sites for hydroxylation is 2. The molecule has 1 amide bonds. The fourth-order valence-corrected chi connectivity index (χ4v) is 5.34. The molecule has 1 atom stereocenters. The third-order valence-electron chi connectivity index (χ3n) is 4.92. The second kappa shape index (κ2) is 8.25. The van der Waals surface area contributed by atoms with E-state index in [2.05, 4.69) is 10.3 Å². The van der Waals surface area contributed by atoms with Crippen LogP contribution in [-0.4, -0.2) is 37.4 Å². The molecule has 1 saturated heterocycles. The first-order chi connectivity index (χ1) is 12.8. The number of nitrogens with zero attached hydrogens (tertiary/aromatic N) is 1. The van der Waals surface area contributed by atoms with Gasteiger partial charge < -0.3 is 9.73 Å². The van der Waals surface area contributed by atoms with Crippen molar-refractivity contribution in [2.45, 2.75) is 39.5 Å². The Kier molecular flexibility index (Phi) is 5.99. The fraction of sp³-hybridized carbons (Fsp3) is 0.500. The minimum atomic E-state index is -2.82. The van der Waals surface area contributed by atoms with Crippen LogP contribution in [0.2, 0.25) is 0 Å². The maximum atomic E-state index is 12.2. The Morgan fingerprint density at radius 1 is 1.33 bits per heavy atom. The molecule has 1 N–H and O–H groups in total. The van der Waals surface area contributed by atoms with Crippen LogP contribution in [-0.2, 0) is 21.1 Å². The quantitative estimate of drug-likeness (QED) is 0.734. The maximum absolute atomic E-state index is 12.2. The van der Waals surface area contributed by atoms with Crippen molar-refractivity contribution in [3.8, 4) is 11.5 Å². The van der Waals surface area contributed by atoms with Crippen LogP contribution in [0.5, 0.6) is 0 Å². The number of carbonyl (C=O) groups is 1. The van der Waals surface area contributed by atoms with Gasteiger partial charge in [-0.3, -0.25) is 4.79 Å². The molecule has 1 fully saturated rings. The number of oxazole rings is 1. The van der Waals surface area contributed by atoms with Gasteiger partial charge in [0.05, 0.1) is 23.6 Å². The van der Waals surface area contributed by atoms with Gasteiger partial charge in [0.15, 0.2) is 9.84 Å². The van der Waals surface area contributed by atoms with E-state index in [1.165, 1.54) is 0 Å². The van der Waals surface area contributed by atoms with Crippen molar-refractivity contribution in [3.63, 3.8) is 0 Å². The first-order valence-corrected chi connectivity index (χ1v) is 11.1. The number of hydrogen-bond acceptors (Lipinski definition) is 5.